The molecule has 0 spiro atoms. The molecular formula is C17H15N3OS. The SMILES string of the molecule is Cc1cc(Nc2ncnc3ccc4c(c23)CCS4)ccc1O. The van der Waals surface area contributed by atoms with E-state index in [-0.39, 0.29) is 0 Å². The van der Waals surface area contributed by atoms with Crippen molar-refractivity contribution in [3.63, 3.8) is 0 Å². The average molecular weight is 309 g/mol. The molecule has 4 nitrogen and oxygen atoms in total. The second-order valence-electron chi connectivity index (χ2n) is 5.38. The van der Waals surface area contributed by atoms with Crippen LogP contribution in [0, 0.1) is 6.92 Å². The van der Waals surface area contributed by atoms with Crippen molar-refractivity contribution in [1.29, 1.82) is 0 Å². The smallest absolute Gasteiger partial charge is 0.142 e. The van der Waals surface area contributed by atoms with Gasteiger partial charge in [0.15, 0.2) is 0 Å². The van der Waals surface area contributed by atoms with Crippen LogP contribution < -0.4 is 5.32 Å². The number of aromatic nitrogens is 2. The molecule has 2 heterocycles. The predicted octanol–water partition coefficient (Wildman–Crippen LogP) is 4.04. The van der Waals surface area contributed by atoms with Gasteiger partial charge in [0.05, 0.1) is 5.52 Å². The van der Waals surface area contributed by atoms with E-state index < -0.39 is 0 Å². The summed E-state index contributed by atoms with van der Waals surface area (Å²) in [4.78, 5) is 10.2. The van der Waals surface area contributed by atoms with Crippen molar-refractivity contribution in [3.8, 4) is 5.75 Å². The molecule has 2 N–H and O–H groups in total. The van der Waals surface area contributed by atoms with Gasteiger partial charge in [0, 0.05) is 21.7 Å². The summed E-state index contributed by atoms with van der Waals surface area (Å²) in [6.45, 7) is 1.88. The molecule has 0 fully saturated rings. The van der Waals surface area contributed by atoms with Gasteiger partial charge in [-0.2, -0.15) is 0 Å². The summed E-state index contributed by atoms with van der Waals surface area (Å²) in [6, 6.07) is 9.68. The molecule has 0 saturated heterocycles. The molecule has 0 atom stereocenters. The van der Waals surface area contributed by atoms with E-state index in [2.05, 4.69) is 27.4 Å². The highest BCUT2D eigenvalue weighted by molar-refractivity contribution is 7.99. The lowest BCUT2D eigenvalue weighted by Crippen LogP contribution is -1.99. The van der Waals surface area contributed by atoms with Crippen LogP contribution >= 0.6 is 11.8 Å². The fourth-order valence-corrected chi connectivity index (χ4v) is 3.88. The zero-order valence-corrected chi connectivity index (χ0v) is 12.9. The number of nitrogens with zero attached hydrogens (tertiary/aromatic N) is 2. The highest BCUT2D eigenvalue weighted by atomic mass is 32.2. The first-order valence-electron chi connectivity index (χ1n) is 7.18. The molecule has 0 bridgehead atoms. The van der Waals surface area contributed by atoms with Gasteiger partial charge in [-0.1, -0.05) is 0 Å². The Morgan fingerprint density at radius 1 is 1.18 bits per heavy atom. The molecule has 0 saturated carbocycles. The van der Waals surface area contributed by atoms with Crippen molar-refractivity contribution in [2.24, 2.45) is 0 Å². The van der Waals surface area contributed by atoms with Gasteiger partial charge in [0.2, 0.25) is 0 Å². The van der Waals surface area contributed by atoms with Crippen molar-refractivity contribution in [2.75, 3.05) is 11.1 Å². The third-order valence-corrected chi connectivity index (χ3v) is 5.04. The third-order valence-electron chi connectivity index (χ3n) is 3.94. The zero-order valence-electron chi connectivity index (χ0n) is 12.1. The number of fused-ring (bicyclic) bond motifs is 3. The van der Waals surface area contributed by atoms with Crippen LogP contribution in [-0.4, -0.2) is 20.8 Å². The minimum atomic E-state index is 0.301. The van der Waals surface area contributed by atoms with E-state index >= 15 is 0 Å². The molecule has 0 radical (unpaired) electrons. The Morgan fingerprint density at radius 3 is 2.95 bits per heavy atom. The predicted molar refractivity (Wildman–Crippen MR) is 90.1 cm³/mol. The maximum atomic E-state index is 9.65. The normalized spacial score (nSPS) is 13.3. The summed E-state index contributed by atoms with van der Waals surface area (Å²) in [7, 11) is 0. The van der Waals surface area contributed by atoms with Crippen LogP contribution in [0.2, 0.25) is 0 Å². The number of anilines is 2. The summed E-state index contributed by atoms with van der Waals surface area (Å²) in [6.07, 6.45) is 2.64. The lowest BCUT2D eigenvalue weighted by Gasteiger charge is -2.12. The van der Waals surface area contributed by atoms with Gasteiger partial charge in [-0.05, 0) is 54.8 Å². The fraction of sp³-hybridized carbons (Fsp3) is 0.176. The Kier molecular flexibility index (Phi) is 3.15. The molecule has 0 aliphatic carbocycles. The van der Waals surface area contributed by atoms with Gasteiger partial charge < -0.3 is 10.4 Å². The number of phenolic OH excluding ortho intramolecular Hbond substituents is 1. The van der Waals surface area contributed by atoms with Crippen LogP contribution in [-0.2, 0) is 6.42 Å². The molecule has 1 aliphatic rings. The highest BCUT2D eigenvalue weighted by Gasteiger charge is 2.18. The number of hydrogen-bond donors (Lipinski definition) is 2. The maximum absolute atomic E-state index is 9.65. The van der Waals surface area contributed by atoms with Crippen molar-refractivity contribution in [3.05, 3.63) is 47.8 Å². The monoisotopic (exact) mass is 309 g/mol. The first-order valence-corrected chi connectivity index (χ1v) is 8.17. The number of aryl methyl sites for hydroxylation is 2. The molecule has 1 aromatic heterocycles. The van der Waals surface area contributed by atoms with E-state index in [0.717, 1.165) is 40.1 Å². The van der Waals surface area contributed by atoms with Gasteiger partial charge in [0.1, 0.15) is 17.9 Å². The van der Waals surface area contributed by atoms with Gasteiger partial charge in [-0.15, -0.1) is 11.8 Å². The largest absolute Gasteiger partial charge is 0.508 e. The molecule has 0 amide bonds. The van der Waals surface area contributed by atoms with Gasteiger partial charge >= 0.3 is 0 Å². The number of hydrogen-bond acceptors (Lipinski definition) is 5. The van der Waals surface area contributed by atoms with Crippen LogP contribution in [0.3, 0.4) is 0 Å². The second kappa shape index (κ2) is 5.18. The van der Waals surface area contributed by atoms with E-state index in [4.69, 9.17) is 0 Å². The van der Waals surface area contributed by atoms with E-state index in [1.54, 1.807) is 12.4 Å². The summed E-state index contributed by atoms with van der Waals surface area (Å²) >= 11 is 1.89. The summed E-state index contributed by atoms with van der Waals surface area (Å²) in [5.41, 5.74) is 4.05. The molecule has 5 heteroatoms. The Hall–Kier alpha value is -2.27. The standard InChI is InChI=1S/C17H15N3OS/c1-10-8-11(2-4-14(10)21)20-17-16-12-6-7-22-15(12)5-3-13(16)18-9-19-17/h2-5,8-9,21H,6-7H2,1H3,(H,18,19,20). The van der Waals surface area contributed by atoms with E-state index in [1.807, 2.05) is 30.8 Å². The lowest BCUT2D eigenvalue weighted by atomic mass is 10.1. The number of nitrogens with one attached hydrogen (secondary N) is 1. The average Bonchev–Trinajstić information content (AvgIpc) is 3.00. The van der Waals surface area contributed by atoms with E-state index in [9.17, 15) is 5.11 Å². The summed E-state index contributed by atoms with van der Waals surface area (Å²) < 4.78 is 0. The molecular weight excluding hydrogens is 294 g/mol. The van der Waals surface area contributed by atoms with Crippen LogP contribution in [0.4, 0.5) is 11.5 Å². The van der Waals surface area contributed by atoms with Crippen molar-refractivity contribution in [1.82, 2.24) is 9.97 Å². The molecule has 22 heavy (non-hydrogen) atoms. The number of rotatable bonds is 2. The van der Waals surface area contributed by atoms with Gasteiger partial charge in [-0.3, -0.25) is 0 Å². The minimum absolute atomic E-state index is 0.301. The van der Waals surface area contributed by atoms with Crippen molar-refractivity contribution >= 4 is 34.2 Å². The van der Waals surface area contributed by atoms with Gasteiger partial charge in [0.25, 0.3) is 0 Å². The topological polar surface area (TPSA) is 58.0 Å². The van der Waals surface area contributed by atoms with Crippen LogP contribution in [0.1, 0.15) is 11.1 Å². The highest BCUT2D eigenvalue weighted by Crippen LogP contribution is 2.38. The van der Waals surface area contributed by atoms with Crippen LogP contribution in [0.5, 0.6) is 5.75 Å². The van der Waals surface area contributed by atoms with Crippen LogP contribution in [0.15, 0.2) is 41.6 Å². The number of benzene rings is 2. The molecule has 3 aromatic rings. The quantitative estimate of drug-likeness (QED) is 0.700. The third kappa shape index (κ3) is 2.18. The minimum Gasteiger partial charge on any atom is -0.508 e. The van der Waals surface area contributed by atoms with Crippen LogP contribution in [0.25, 0.3) is 10.9 Å². The Morgan fingerprint density at radius 2 is 2.09 bits per heavy atom. The Balaban J connectivity index is 1.84. The van der Waals surface area contributed by atoms with E-state index in [0.29, 0.717) is 5.75 Å². The zero-order chi connectivity index (χ0) is 15.1. The van der Waals surface area contributed by atoms with E-state index in [1.165, 1.54) is 10.5 Å². The molecule has 1 aliphatic heterocycles. The second-order valence-corrected chi connectivity index (χ2v) is 6.52. The Labute approximate surface area is 132 Å². The molecule has 2 aromatic carbocycles. The molecule has 110 valence electrons. The summed E-state index contributed by atoms with van der Waals surface area (Å²) in [5.74, 6) is 2.24. The lowest BCUT2D eigenvalue weighted by molar-refractivity contribution is 0.471. The first-order chi connectivity index (χ1) is 10.7. The van der Waals surface area contributed by atoms with Crippen molar-refractivity contribution in [2.45, 2.75) is 18.2 Å². The fourth-order valence-electron chi connectivity index (χ4n) is 2.81. The molecule has 0 unspecified atom stereocenters. The number of phenols is 1. The number of aromatic hydroxyl groups is 1. The van der Waals surface area contributed by atoms with Gasteiger partial charge in [-0.25, -0.2) is 9.97 Å². The first kappa shape index (κ1) is 13.4. The molecule has 4 rings (SSSR count). The number of thioether (sulfide) groups is 1. The maximum Gasteiger partial charge on any atom is 0.142 e. The Bertz CT molecular complexity index is 879. The van der Waals surface area contributed by atoms with Crippen molar-refractivity contribution < 1.29 is 5.11 Å². The summed E-state index contributed by atoms with van der Waals surface area (Å²) in [5, 5.41) is 14.1.